The molecule has 1 unspecified atom stereocenters. The van der Waals surface area contributed by atoms with Crippen LogP contribution in [0.25, 0.3) is 0 Å². The molecule has 0 aliphatic rings. The number of carbonyl (C=O) groups excluding carboxylic acids is 2. The number of hydrogen-bond acceptors (Lipinski definition) is 2. The second-order valence-electron chi connectivity index (χ2n) is 6.13. The van der Waals surface area contributed by atoms with Crippen LogP contribution in [0, 0.1) is 17.6 Å². The van der Waals surface area contributed by atoms with Crippen LogP contribution < -0.4 is 10.6 Å². The van der Waals surface area contributed by atoms with Crippen LogP contribution >= 0.6 is 15.9 Å². The van der Waals surface area contributed by atoms with Gasteiger partial charge in [0, 0.05) is 16.6 Å². The van der Waals surface area contributed by atoms with Gasteiger partial charge in [0.15, 0.2) is 0 Å². The second-order valence-corrected chi connectivity index (χ2v) is 7.04. The number of benzene rings is 2. The van der Waals surface area contributed by atoms with Crippen molar-refractivity contribution >= 4 is 27.7 Å². The Balaban J connectivity index is 2.06. The summed E-state index contributed by atoms with van der Waals surface area (Å²) in [7, 11) is 0. The first-order valence-electron chi connectivity index (χ1n) is 8.06. The Morgan fingerprint density at radius 3 is 2.42 bits per heavy atom. The molecule has 2 N–H and O–H groups in total. The lowest BCUT2D eigenvalue weighted by Crippen LogP contribution is -2.49. The first kappa shape index (κ1) is 20.0. The van der Waals surface area contributed by atoms with Gasteiger partial charge in [-0.3, -0.25) is 9.59 Å². The lowest BCUT2D eigenvalue weighted by molar-refractivity contribution is -0.124. The Kier molecular flexibility index (Phi) is 6.85. The molecule has 0 fully saturated rings. The molecule has 2 rings (SSSR count). The van der Waals surface area contributed by atoms with E-state index < -0.39 is 29.5 Å². The summed E-state index contributed by atoms with van der Waals surface area (Å²) in [5.41, 5.74) is 0.180. The monoisotopic (exact) mass is 424 g/mol. The Morgan fingerprint density at radius 2 is 1.77 bits per heavy atom. The van der Waals surface area contributed by atoms with E-state index in [2.05, 4.69) is 26.6 Å². The number of nitrogens with one attached hydrogen (secondary N) is 2. The molecule has 138 valence electrons. The van der Waals surface area contributed by atoms with Crippen LogP contribution in [0.15, 0.2) is 46.9 Å². The van der Waals surface area contributed by atoms with Crippen molar-refractivity contribution in [2.24, 2.45) is 5.92 Å². The quantitative estimate of drug-likeness (QED) is 0.740. The van der Waals surface area contributed by atoms with E-state index in [1.54, 1.807) is 32.0 Å². The highest BCUT2D eigenvalue weighted by Gasteiger charge is 2.25. The lowest BCUT2D eigenvalue weighted by Gasteiger charge is -2.22. The first-order valence-corrected chi connectivity index (χ1v) is 8.86. The Bertz CT molecular complexity index is 812. The van der Waals surface area contributed by atoms with Gasteiger partial charge in [0.05, 0.1) is 5.56 Å². The van der Waals surface area contributed by atoms with E-state index in [-0.39, 0.29) is 18.0 Å². The molecule has 0 bridgehead atoms. The topological polar surface area (TPSA) is 58.2 Å². The summed E-state index contributed by atoms with van der Waals surface area (Å²) in [6.07, 6.45) is 0. The predicted octanol–water partition coefficient (Wildman–Crippen LogP) is 3.80. The van der Waals surface area contributed by atoms with E-state index in [0.29, 0.717) is 10.0 Å². The summed E-state index contributed by atoms with van der Waals surface area (Å²) in [6.45, 7) is 3.49. The summed E-state index contributed by atoms with van der Waals surface area (Å²) < 4.78 is 28.2. The number of halogens is 3. The lowest BCUT2D eigenvalue weighted by atomic mass is 10.0. The molecule has 0 aromatic heterocycles. The van der Waals surface area contributed by atoms with Gasteiger partial charge in [0.2, 0.25) is 5.91 Å². The highest BCUT2D eigenvalue weighted by molar-refractivity contribution is 9.10. The summed E-state index contributed by atoms with van der Waals surface area (Å²) >= 11 is 3.25. The largest absolute Gasteiger partial charge is 0.350 e. The number of rotatable bonds is 6. The van der Waals surface area contributed by atoms with Gasteiger partial charge in [-0.1, -0.05) is 41.9 Å². The van der Waals surface area contributed by atoms with Crippen LogP contribution in [0.4, 0.5) is 8.78 Å². The van der Waals surface area contributed by atoms with Crippen LogP contribution in [-0.2, 0) is 11.3 Å². The van der Waals surface area contributed by atoms with E-state index in [9.17, 15) is 18.4 Å². The minimum Gasteiger partial charge on any atom is -0.350 e. The van der Waals surface area contributed by atoms with E-state index in [1.807, 2.05) is 0 Å². The van der Waals surface area contributed by atoms with Gasteiger partial charge in [0.25, 0.3) is 5.91 Å². The summed E-state index contributed by atoms with van der Waals surface area (Å²) in [5, 5.41) is 5.15. The van der Waals surface area contributed by atoms with Crippen molar-refractivity contribution in [3.05, 3.63) is 69.7 Å². The van der Waals surface area contributed by atoms with Crippen LogP contribution in [0.5, 0.6) is 0 Å². The fourth-order valence-corrected chi connectivity index (χ4v) is 2.78. The van der Waals surface area contributed by atoms with Gasteiger partial charge in [-0.2, -0.15) is 0 Å². The Morgan fingerprint density at radius 1 is 1.08 bits per heavy atom. The summed E-state index contributed by atoms with van der Waals surface area (Å²) in [4.78, 5) is 24.7. The van der Waals surface area contributed by atoms with Gasteiger partial charge < -0.3 is 10.6 Å². The number of carbonyl (C=O) groups is 2. The molecule has 2 aromatic carbocycles. The fourth-order valence-electron chi connectivity index (χ4n) is 2.37. The van der Waals surface area contributed by atoms with Gasteiger partial charge in [-0.15, -0.1) is 0 Å². The van der Waals surface area contributed by atoms with Crippen molar-refractivity contribution < 1.29 is 18.4 Å². The molecule has 7 heteroatoms. The molecule has 0 spiro atoms. The maximum absolute atomic E-state index is 13.8. The van der Waals surface area contributed by atoms with Crippen molar-refractivity contribution in [2.45, 2.75) is 26.4 Å². The highest BCUT2D eigenvalue weighted by atomic mass is 79.9. The van der Waals surface area contributed by atoms with Crippen LogP contribution in [0.2, 0.25) is 0 Å². The van der Waals surface area contributed by atoms with Gasteiger partial charge >= 0.3 is 0 Å². The molecule has 0 radical (unpaired) electrons. The average Bonchev–Trinajstić information content (AvgIpc) is 2.60. The zero-order chi connectivity index (χ0) is 19.3. The van der Waals surface area contributed by atoms with E-state index in [0.717, 1.165) is 0 Å². The third-order valence-electron chi connectivity index (χ3n) is 3.82. The van der Waals surface area contributed by atoms with Crippen molar-refractivity contribution in [1.29, 1.82) is 0 Å². The summed E-state index contributed by atoms with van der Waals surface area (Å²) in [5.74, 6) is -2.48. The van der Waals surface area contributed by atoms with Crippen LogP contribution in [0.3, 0.4) is 0 Å². The third kappa shape index (κ3) is 5.11. The molecule has 2 aromatic rings. The van der Waals surface area contributed by atoms with Gasteiger partial charge in [-0.25, -0.2) is 8.78 Å². The zero-order valence-electron chi connectivity index (χ0n) is 14.4. The maximum atomic E-state index is 13.8. The van der Waals surface area contributed by atoms with Crippen LogP contribution in [-0.4, -0.2) is 17.9 Å². The molecule has 0 aliphatic heterocycles. The molecule has 1 atom stereocenters. The molecule has 26 heavy (non-hydrogen) atoms. The SMILES string of the molecule is CC(C)C(NC(=O)c1ccccc1F)C(=O)NCc1cc(Br)ccc1F. The summed E-state index contributed by atoms with van der Waals surface area (Å²) in [6, 6.07) is 9.09. The van der Waals surface area contributed by atoms with Crippen molar-refractivity contribution in [3.63, 3.8) is 0 Å². The molecule has 0 aliphatic carbocycles. The second kappa shape index (κ2) is 8.89. The Labute approximate surface area is 159 Å². The minimum absolute atomic E-state index is 0.0249. The zero-order valence-corrected chi connectivity index (χ0v) is 15.9. The highest BCUT2D eigenvalue weighted by Crippen LogP contribution is 2.15. The van der Waals surface area contributed by atoms with Crippen molar-refractivity contribution in [1.82, 2.24) is 10.6 Å². The van der Waals surface area contributed by atoms with Crippen molar-refractivity contribution in [3.8, 4) is 0 Å². The van der Waals surface area contributed by atoms with E-state index >= 15 is 0 Å². The standard InChI is InChI=1S/C19H19BrF2N2O2/c1-11(2)17(24-18(25)14-5-3-4-6-16(14)22)19(26)23-10-12-9-13(20)7-8-15(12)21/h3-9,11,17H,10H2,1-2H3,(H,23,26)(H,24,25). The van der Waals surface area contributed by atoms with Crippen LogP contribution in [0.1, 0.15) is 29.8 Å². The molecule has 2 amide bonds. The molecule has 0 heterocycles. The van der Waals surface area contributed by atoms with Crippen molar-refractivity contribution in [2.75, 3.05) is 0 Å². The van der Waals surface area contributed by atoms with E-state index in [4.69, 9.17) is 0 Å². The molecule has 0 saturated heterocycles. The predicted molar refractivity (Wildman–Crippen MR) is 98.4 cm³/mol. The average molecular weight is 425 g/mol. The molecular weight excluding hydrogens is 406 g/mol. The van der Waals surface area contributed by atoms with Gasteiger partial charge in [0.1, 0.15) is 17.7 Å². The molecular formula is C19H19BrF2N2O2. The first-order chi connectivity index (χ1) is 12.3. The smallest absolute Gasteiger partial charge is 0.254 e. The van der Waals surface area contributed by atoms with Gasteiger partial charge in [-0.05, 0) is 36.2 Å². The Hall–Kier alpha value is -2.28. The molecule has 4 nitrogen and oxygen atoms in total. The normalized spacial score (nSPS) is 11.9. The fraction of sp³-hybridized carbons (Fsp3) is 0.263. The minimum atomic E-state index is -0.877. The number of amides is 2. The maximum Gasteiger partial charge on any atom is 0.254 e. The van der Waals surface area contributed by atoms with E-state index in [1.165, 1.54) is 24.3 Å². The third-order valence-corrected chi connectivity index (χ3v) is 4.31. The molecule has 0 saturated carbocycles. The number of hydrogen-bond donors (Lipinski definition) is 2.